The topological polar surface area (TPSA) is 147 Å². The molecule has 0 fully saturated rings. The number of nitriles is 1. The number of nitrogens with zero attached hydrogens (tertiary/aromatic N) is 5. The number of azo groups is 2. The zero-order valence-corrected chi connectivity index (χ0v) is 58.0. The van der Waals surface area contributed by atoms with Crippen LogP contribution in [0.5, 0.6) is 46.0 Å². The van der Waals surface area contributed by atoms with E-state index in [2.05, 4.69) is 52.5 Å². The second-order valence-corrected chi connectivity index (χ2v) is 24.9. The zero-order valence-electron chi connectivity index (χ0n) is 58.0. The molecule has 0 saturated heterocycles. The normalized spacial score (nSPS) is 11.3. The fraction of sp³-hybridized carbons (Fsp3) is 0.482. The molecular weight excluding hydrogens is 1190 g/mol. The summed E-state index contributed by atoms with van der Waals surface area (Å²) >= 11 is 0. The fourth-order valence-corrected chi connectivity index (χ4v) is 11.0. The summed E-state index contributed by atoms with van der Waals surface area (Å²) in [5.74, 6) is 6.50. The van der Waals surface area contributed by atoms with Gasteiger partial charge in [0.1, 0.15) is 46.0 Å². The lowest BCUT2D eigenvalue weighted by Crippen LogP contribution is -2.03. The molecule has 7 rings (SSSR count). The van der Waals surface area contributed by atoms with Crippen molar-refractivity contribution in [3.05, 3.63) is 169 Å². The molecule has 13 nitrogen and oxygen atoms in total. The summed E-state index contributed by atoms with van der Waals surface area (Å²) in [6.07, 6.45) is 35.3. The van der Waals surface area contributed by atoms with Crippen LogP contribution in [-0.2, 0) is 0 Å². The van der Waals surface area contributed by atoms with Gasteiger partial charge in [0.25, 0.3) is 0 Å². The maximum Gasteiger partial charge on any atom is 0.126 e. The van der Waals surface area contributed by atoms with Crippen molar-refractivity contribution in [2.45, 2.75) is 206 Å². The molecule has 0 aliphatic carbocycles. The van der Waals surface area contributed by atoms with E-state index in [0.29, 0.717) is 45.2 Å². The van der Waals surface area contributed by atoms with E-state index in [9.17, 15) is 0 Å². The molecule has 0 saturated carbocycles. The minimum atomic E-state index is 0.600. The molecule has 13 heteroatoms. The summed E-state index contributed by atoms with van der Waals surface area (Å²) in [5.41, 5.74) is 5.95. The number of unbranched alkanes of at least 4 members (excludes halogenated alkanes) is 25. The van der Waals surface area contributed by atoms with Crippen LogP contribution in [0.3, 0.4) is 0 Å². The van der Waals surface area contributed by atoms with Gasteiger partial charge in [0.2, 0.25) is 0 Å². The minimum Gasteiger partial charge on any atom is -0.494 e. The first-order valence-corrected chi connectivity index (χ1v) is 36.5. The number of benzene rings is 7. The van der Waals surface area contributed by atoms with Gasteiger partial charge in [-0.1, -0.05) is 141 Å². The van der Waals surface area contributed by atoms with Gasteiger partial charge < -0.3 is 37.9 Å². The van der Waals surface area contributed by atoms with Crippen LogP contribution < -0.4 is 37.9 Å². The number of rotatable bonds is 54. The first-order valence-electron chi connectivity index (χ1n) is 36.5. The molecule has 7 aromatic carbocycles. The Hall–Kier alpha value is -8.37. The first-order chi connectivity index (χ1) is 47.5. The Morgan fingerprint density at radius 1 is 0.229 bits per heavy atom. The zero-order chi connectivity index (χ0) is 66.8. The molecule has 0 amide bonds. The Morgan fingerprint density at radius 3 is 0.635 bits per heavy atom. The van der Waals surface area contributed by atoms with Gasteiger partial charge in [-0.25, -0.2) is 0 Å². The number of hydrogen-bond acceptors (Lipinski definition) is 13. The summed E-state index contributed by atoms with van der Waals surface area (Å²) in [6, 6.07) is 55.1. The average molecular weight is 1300 g/mol. The van der Waals surface area contributed by atoms with Gasteiger partial charge in [-0.15, -0.1) is 0 Å². The standard InChI is InChI=1S/C83H109N5O8/c1-3-5-7-9-11-13-15-17-25-57-90-77-49-39-72(40-50-77)85-87-74-43-53-79(54-44-74)92-60-28-20-23-31-63-95-82-65-81(94-62-30-22-19-27-59-89-76-47-37-71(38-48-76)70-35-33-69(68-84)34-36-70)66-83(67-82)96-64-32-24-21-29-61-93-80-55-45-75(46-56-80)88-86-73-41-51-78(52-42-73)91-58-26-18-16-14-12-10-8-6-4-2/h33-56,65-67H,3-32,57-64H2,1-2H3. The smallest absolute Gasteiger partial charge is 0.126 e. The van der Waals surface area contributed by atoms with E-state index in [1.165, 1.54) is 103 Å². The second-order valence-electron chi connectivity index (χ2n) is 24.9. The van der Waals surface area contributed by atoms with Gasteiger partial charge in [0.05, 0.1) is 87.2 Å². The maximum atomic E-state index is 9.12. The van der Waals surface area contributed by atoms with Crippen LogP contribution in [0.1, 0.15) is 212 Å². The monoisotopic (exact) mass is 1300 g/mol. The van der Waals surface area contributed by atoms with Crippen molar-refractivity contribution in [1.29, 1.82) is 5.26 Å². The molecule has 0 N–H and O–H groups in total. The van der Waals surface area contributed by atoms with Crippen molar-refractivity contribution in [3.8, 4) is 63.2 Å². The SMILES string of the molecule is CCCCCCCCCCCOc1ccc(N=Nc2ccc(OCCCCCCOc3cc(OCCCCCCOc4ccc(N=Nc5ccc(OCCCCCCCCCCC)cc5)cc4)cc(OCCCCCCOc4ccc(-c5ccc(C#N)cc5)cc4)c3)cc2)cc1. The highest BCUT2D eigenvalue weighted by molar-refractivity contribution is 5.65. The van der Waals surface area contributed by atoms with Crippen LogP contribution >= 0.6 is 0 Å². The molecule has 0 aromatic heterocycles. The Morgan fingerprint density at radius 2 is 0.417 bits per heavy atom. The van der Waals surface area contributed by atoms with E-state index >= 15 is 0 Å². The molecule has 0 spiro atoms. The third kappa shape index (κ3) is 32.9. The van der Waals surface area contributed by atoms with Crippen LogP contribution in [0.15, 0.2) is 184 Å². The molecule has 0 radical (unpaired) electrons. The Kier molecular flexibility index (Phi) is 37.8. The molecule has 0 heterocycles. The molecule has 7 aromatic rings. The molecular formula is C83H109N5O8. The van der Waals surface area contributed by atoms with Crippen molar-refractivity contribution in [2.24, 2.45) is 20.5 Å². The van der Waals surface area contributed by atoms with Crippen LogP contribution in [0.4, 0.5) is 22.7 Å². The van der Waals surface area contributed by atoms with Crippen molar-refractivity contribution in [2.75, 3.05) is 52.9 Å². The predicted octanol–water partition coefficient (Wildman–Crippen LogP) is 24.9. The molecule has 0 unspecified atom stereocenters. The number of ether oxygens (including phenoxy) is 8. The molecule has 96 heavy (non-hydrogen) atoms. The van der Waals surface area contributed by atoms with E-state index in [1.54, 1.807) is 0 Å². The Balaban J connectivity index is 0.753. The van der Waals surface area contributed by atoms with Gasteiger partial charge in [-0.2, -0.15) is 25.7 Å². The van der Waals surface area contributed by atoms with Gasteiger partial charge in [-0.05, 0) is 222 Å². The highest BCUT2D eigenvalue weighted by Crippen LogP contribution is 2.31. The number of hydrogen-bond donors (Lipinski definition) is 0. The van der Waals surface area contributed by atoms with Crippen LogP contribution in [0, 0.1) is 11.3 Å². The largest absolute Gasteiger partial charge is 0.494 e. The molecule has 0 bridgehead atoms. The van der Waals surface area contributed by atoms with E-state index in [0.717, 1.165) is 183 Å². The highest BCUT2D eigenvalue weighted by Gasteiger charge is 2.09. The van der Waals surface area contributed by atoms with Crippen LogP contribution in [0.2, 0.25) is 0 Å². The quantitative estimate of drug-likeness (QED) is 0.0268. The van der Waals surface area contributed by atoms with Crippen LogP contribution in [-0.4, -0.2) is 52.9 Å². The van der Waals surface area contributed by atoms with Gasteiger partial charge in [0.15, 0.2) is 0 Å². The van der Waals surface area contributed by atoms with E-state index < -0.39 is 0 Å². The van der Waals surface area contributed by atoms with Crippen molar-refractivity contribution >= 4 is 22.7 Å². The van der Waals surface area contributed by atoms with Crippen molar-refractivity contribution in [3.63, 3.8) is 0 Å². The summed E-state index contributed by atoms with van der Waals surface area (Å²) in [6.45, 7) is 9.78. The van der Waals surface area contributed by atoms with E-state index in [1.807, 2.05) is 152 Å². The van der Waals surface area contributed by atoms with Gasteiger partial charge in [0, 0.05) is 18.2 Å². The average Bonchev–Trinajstić information content (AvgIpc) is 1.15. The molecule has 0 aliphatic rings. The first kappa shape index (κ1) is 75.0. The van der Waals surface area contributed by atoms with Crippen molar-refractivity contribution < 1.29 is 37.9 Å². The lowest BCUT2D eigenvalue weighted by molar-refractivity contribution is 0.269. The lowest BCUT2D eigenvalue weighted by Gasteiger charge is -2.14. The van der Waals surface area contributed by atoms with Gasteiger partial charge >= 0.3 is 0 Å². The van der Waals surface area contributed by atoms with Gasteiger partial charge in [-0.3, -0.25) is 0 Å². The Labute approximate surface area is 575 Å². The summed E-state index contributed by atoms with van der Waals surface area (Å²) in [7, 11) is 0. The predicted molar refractivity (Wildman–Crippen MR) is 391 cm³/mol. The fourth-order valence-electron chi connectivity index (χ4n) is 11.0. The summed E-state index contributed by atoms with van der Waals surface area (Å²) in [4.78, 5) is 0. The lowest BCUT2D eigenvalue weighted by atomic mass is 10.0. The van der Waals surface area contributed by atoms with E-state index in [4.69, 9.17) is 43.2 Å². The third-order valence-corrected chi connectivity index (χ3v) is 16.7. The molecule has 0 aliphatic heterocycles. The molecule has 0 atom stereocenters. The third-order valence-electron chi connectivity index (χ3n) is 16.7. The highest BCUT2D eigenvalue weighted by atomic mass is 16.5. The molecule has 514 valence electrons. The second kappa shape index (κ2) is 48.3. The maximum absolute atomic E-state index is 9.12. The van der Waals surface area contributed by atoms with Crippen molar-refractivity contribution in [1.82, 2.24) is 0 Å². The van der Waals surface area contributed by atoms with E-state index in [-0.39, 0.29) is 0 Å². The minimum absolute atomic E-state index is 0.600. The Bertz CT molecular complexity index is 3050. The van der Waals surface area contributed by atoms with Crippen LogP contribution in [0.25, 0.3) is 11.1 Å². The summed E-state index contributed by atoms with van der Waals surface area (Å²) in [5, 5.41) is 26.8. The summed E-state index contributed by atoms with van der Waals surface area (Å²) < 4.78 is 49.1.